The first-order chi connectivity index (χ1) is 9.22. The number of nitrogens with zero attached hydrogens (tertiary/aromatic N) is 2. The molecule has 0 spiro atoms. The molecule has 19 heavy (non-hydrogen) atoms. The Morgan fingerprint density at radius 1 is 1.53 bits per heavy atom. The van der Waals surface area contributed by atoms with Crippen LogP contribution in [0.2, 0.25) is 0 Å². The van der Waals surface area contributed by atoms with Gasteiger partial charge in [-0.15, -0.1) is 0 Å². The third-order valence-electron chi connectivity index (χ3n) is 3.90. The Bertz CT molecular complexity index is 404. The van der Waals surface area contributed by atoms with Crippen molar-refractivity contribution in [2.75, 3.05) is 13.2 Å². The second kappa shape index (κ2) is 6.85. The van der Waals surface area contributed by atoms with Gasteiger partial charge in [0.2, 0.25) is 0 Å². The first-order valence-electron chi connectivity index (χ1n) is 7.36. The van der Waals surface area contributed by atoms with Crippen LogP contribution in [0.3, 0.4) is 0 Å². The number of hydrogen-bond acceptors (Lipinski definition) is 3. The van der Waals surface area contributed by atoms with Crippen molar-refractivity contribution in [1.82, 2.24) is 9.78 Å². The van der Waals surface area contributed by atoms with Crippen LogP contribution in [-0.2, 0) is 16.0 Å². The van der Waals surface area contributed by atoms with Crippen LogP contribution in [0.15, 0.2) is 12.3 Å². The zero-order chi connectivity index (χ0) is 13.7. The Kier molecular flexibility index (Phi) is 5.14. The second-order valence-electron chi connectivity index (χ2n) is 5.41. The smallest absolute Gasteiger partial charge is 0.139 e. The van der Waals surface area contributed by atoms with Crippen LogP contribution in [0.25, 0.3) is 0 Å². The summed E-state index contributed by atoms with van der Waals surface area (Å²) in [5, 5.41) is 4.53. The van der Waals surface area contributed by atoms with Crippen molar-refractivity contribution < 1.29 is 9.53 Å². The fourth-order valence-electron chi connectivity index (χ4n) is 2.68. The highest BCUT2D eigenvalue weighted by Gasteiger charge is 2.19. The molecule has 0 N–H and O–H groups in total. The molecule has 4 nitrogen and oxygen atoms in total. The van der Waals surface area contributed by atoms with Gasteiger partial charge in [-0.1, -0.05) is 13.8 Å². The van der Waals surface area contributed by atoms with Crippen molar-refractivity contribution in [3.63, 3.8) is 0 Å². The van der Waals surface area contributed by atoms with Crippen LogP contribution in [0.4, 0.5) is 0 Å². The van der Waals surface area contributed by atoms with E-state index in [-0.39, 0.29) is 5.78 Å². The van der Waals surface area contributed by atoms with Gasteiger partial charge in [0.25, 0.3) is 0 Å². The van der Waals surface area contributed by atoms with E-state index in [0.29, 0.717) is 24.8 Å². The van der Waals surface area contributed by atoms with Gasteiger partial charge >= 0.3 is 0 Å². The van der Waals surface area contributed by atoms with E-state index in [2.05, 4.69) is 18.9 Å². The summed E-state index contributed by atoms with van der Waals surface area (Å²) < 4.78 is 7.30. The van der Waals surface area contributed by atoms with Crippen molar-refractivity contribution in [3.8, 4) is 0 Å². The maximum Gasteiger partial charge on any atom is 0.139 e. The first-order valence-corrected chi connectivity index (χ1v) is 7.36. The lowest BCUT2D eigenvalue weighted by Gasteiger charge is -2.12. The zero-order valence-electron chi connectivity index (χ0n) is 12.0. The van der Waals surface area contributed by atoms with Crippen molar-refractivity contribution in [3.05, 3.63) is 18.0 Å². The zero-order valence-corrected chi connectivity index (χ0v) is 12.0. The fraction of sp³-hybridized carbons (Fsp3) is 0.733. The maximum absolute atomic E-state index is 12.0. The SMILES string of the molecule is CCC(CC)n1ccc(CC(=O)CC2CCOC2)n1. The minimum absolute atomic E-state index is 0.283. The predicted octanol–water partition coefficient (Wildman–Crippen LogP) is 2.78. The number of carbonyl (C=O) groups is 1. The molecule has 0 radical (unpaired) electrons. The fourth-order valence-corrected chi connectivity index (χ4v) is 2.68. The molecular weight excluding hydrogens is 240 g/mol. The van der Waals surface area contributed by atoms with Crippen LogP contribution >= 0.6 is 0 Å². The topological polar surface area (TPSA) is 44.1 Å². The van der Waals surface area contributed by atoms with E-state index >= 15 is 0 Å². The molecule has 106 valence electrons. The van der Waals surface area contributed by atoms with Gasteiger partial charge in [-0.3, -0.25) is 9.48 Å². The lowest BCUT2D eigenvalue weighted by atomic mass is 10.00. The Morgan fingerprint density at radius 2 is 2.32 bits per heavy atom. The largest absolute Gasteiger partial charge is 0.381 e. The van der Waals surface area contributed by atoms with Gasteiger partial charge in [-0.05, 0) is 31.2 Å². The minimum Gasteiger partial charge on any atom is -0.381 e. The van der Waals surface area contributed by atoms with Crippen LogP contribution in [0.1, 0.15) is 51.3 Å². The molecule has 0 aromatic carbocycles. The number of ketones is 1. The highest BCUT2D eigenvalue weighted by molar-refractivity contribution is 5.80. The molecule has 0 saturated carbocycles. The monoisotopic (exact) mass is 264 g/mol. The summed E-state index contributed by atoms with van der Waals surface area (Å²) in [7, 11) is 0. The molecule has 1 aliphatic rings. The Labute approximate surface area is 115 Å². The number of hydrogen-bond donors (Lipinski definition) is 0. The van der Waals surface area contributed by atoms with E-state index in [0.717, 1.165) is 38.2 Å². The number of ether oxygens (including phenoxy) is 1. The van der Waals surface area contributed by atoms with E-state index < -0.39 is 0 Å². The van der Waals surface area contributed by atoms with Gasteiger partial charge in [0, 0.05) is 25.8 Å². The van der Waals surface area contributed by atoms with E-state index in [1.807, 2.05) is 16.9 Å². The van der Waals surface area contributed by atoms with E-state index in [9.17, 15) is 4.79 Å². The average molecular weight is 264 g/mol. The summed E-state index contributed by atoms with van der Waals surface area (Å²) in [6.07, 6.45) is 6.27. The van der Waals surface area contributed by atoms with E-state index in [1.165, 1.54) is 0 Å². The Balaban J connectivity index is 1.86. The highest BCUT2D eigenvalue weighted by Crippen LogP contribution is 2.18. The van der Waals surface area contributed by atoms with Crippen LogP contribution in [0.5, 0.6) is 0 Å². The molecule has 1 aromatic rings. The van der Waals surface area contributed by atoms with Crippen molar-refractivity contribution in [2.24, 2.45) is 5.92 Å². The van der Waals surface area contributed by atoms with Crippen LogP contribution in [0, 0.1) is 5.92 Å². The summed E-state index contributed by atoms with van der Waals surface area (Å²) in [5.74, 6) is 0.707. The summed E-state index contributed by atoms with van der Waals surface area (Å²) in [6, 6.07) is 2.42. The summed E-state index contributed by atoms with van der Waals surface area (Å²) >= 11 is 0. The molecular formula is C15H24N2O2. The molecule has 0 bridgehead atoms. The highest BCUT2D eigenvalue weighted by atomic mass is 16.5. The molecule has 1 saturated heterocycles. The molecule has 0 amide bonds. The normalized spacial score (nSPS) is 19.2. The van der Waals surface area contributed by atoms with E-state index in [4.69, 9.17) is 4.74 Å². The van der Waals surface area contributed by atoms with Gasteiger partial charge < -0.3 is 4.74 Å². The van der Waals surface area contributed by atoms with Crippen molar-refractivity contribution >= 4 is 5.78 Å². The third kappa shape index (κ3) is 3.90. The average Bonchev–Trinajstić information content (AvgIpc) is 3.03. The molecule has 1 atom stereocenters. The standard InChI is InChI=1S/C15H24N2O2/c1-3-14(4-2)17-7-5-13(16-17)10-15(18)9-12-6-8-19-11-12/h5,7,12,14H,3-4,6,8-11H2,1-2H3. The number of rotatable bonds is 7. The summed E-state index contributed by atoms with van der Waals surface area (Å²) in [6.45, 7) is 5.89. The maximum atomic E-state index is 12.0. The van der Waals surface area contributed by atoms with Gasteiger partial charge in [0.05, 0.1) is 18.2 Å². The third-order valence-corrected chi connectivity index (χ3v) is 3.90. The number of aromatic nitrogens is 2. The van der Waals surface area contributed by atoms with Gasteiger partial charge in [-0.2, -0.15) is 5.10 Å². The lowest BCUT2D eigenvalue weighted by molar-refractivity contribution is -0.119. The molecule has 1 aliphatic heterocycles. The minimum atomic E-state index is 0.283. The molecule has 2 rings (SSSR count). The van der Waals surface area contributed by atoms with E-state index in [1.54, 1.807) is 0 Å². The summed E-state index contributed by atoms with van der Waals surface area (Å²) in [5.41, 5.74) is 0.899. The Hall–Kier alpha value is -1.16. The number of Topliss-reactive ketones (excluding diaryl/α,β-unsaturated/α-hetero) is 1. The summed E-state index contributed by atoms with van der Waals surface area (Å²) in [4.78, 5) is 12.0. The first kappa shape index (κ1) is 14.3. The molecule has 4 heteroatoms. The molecule has 1 aromatic heterocycles. The van der Waals surface area contributed by atoms with Gasteiger partial charge in [0.1, 0.15) is 5.78 Å². The lowest BCUT2D eigenvalue weighted by Crippen LogP contribution is -2.12. The molecule has 1 unspecified atom stereocenters. The molecule has 2 heterocycles. The second-order valence-corrected chi connectivity index (χ2v) is 5.41. The molecule has 0 aliphatic carbocycles. The number of carbonyl (C=O) groups excluding carboxylic acids is 1. The quantitative estimate of drug-likeness (QED) is 0.760. The predicted molar refractivity (Wildman–Crippen MR) is 74.1 cm³/mol. The van der Waals surface area contributed by atoms with Crippen LogP contribution < -0.4 is 0 Å². The van der Waals surface area contributed by atoms with Gasteiger partial charge in [-0.25, -0.2) is 0 Å². The molecule has 1 fully saturated rings. The van der Waals surface area contributed by atoms with Gasteiger partial charge in [0.15, 0.2) is 0 Å². The van der Waals surface area contributed by atoms with Crippen molar-refractivity contribution in [2.45, 2.75) is 52.0 Å². The Morgan fingerprint density at radius 3 is 2.95 bits per heavy atom. The van der Waals surface area contributed by atoms with Crippen LogP contribution in [-0.4, -0.2) is 28.8 Å². The van der Waals surface area contributed by atoms with Crippen molar-refractivity contribution in [1.29, 1.82) is 0 Å².